The van der Waals surface area contributed by atoms with Crippen LogP contribution in [0.4, 0.5) is 14.9 Å². The number of carbonyl (C=O) groups excluding carboxylic acids is 1. The van der Waals surface area contributed by atoms with Gasteiger partial charge >= 0.3 is 6.09 Å². The molecule has 0 spiro atoms. The predicted molar refractivity (Wildman–Crippen MR) is 149 cm³/mol. The zero-order valence-corrected chi connectivity index (χ0v) is 24.1. The molecule has 2 aromatic carbocycles. The molecule has 1 saturated carbocycles. The highest BCUT2D eigenvalue weighted by atomic mass is 35.5. The van der Waals surface area contributed by atoms with Gasteiger partial charge in [-0.05, 0) is 75.6 Å². The Morgan fingerprint density at radius 3 is 2.49 bits per heavy atom. The maximum absolute atomic E-state index is 15.4. The summed E-state index contributed by atoms with van der Waals surface area (Å²) in [6, 6.07) is 7.04. The Morgan fingerprint density at radius 2 is 1.82 bits per heavy atom. The first-order valence-corrected chi connectivity index (χ1v) is 14.9. The van der Waals surface area contributed by atoms with E-state index in [4.69, 9.17) is 32.7 Å². The smallest absolute Gasteiger partial charge is 0.410 e. The number of aromatic amines is 1. The van der Waals surface area contributed by atoms with Gasteiger partial charge in [0.05, 0.1) is 27.9 Å². The summed E-state index contributed by atoms with van der Waals surface area (Å²) in [5, 5.41) is 1.16. The molecule has 2 N–H and O–H groups in total. The molecule has 1 saturated heterocycles. The van der Waals surface area contributed by atoms with Gasteiger partial charge in [0.2, 0.25) is 0 Å². The number of ether oxygens (including phenoxy) is 2. The van der Waals surface area contributed by atoms with E-state index in [-0.39, 0.29) is 30.1 Å². The van der Waals surface area contributed by atoms with Crippen LogP contribution in [0.1, 0.15) is 33.6 Å². The Labute approximate surface area is 236 Å². The Balaban J connectivity index is 1.23. The summed E-state index contributed by atoms with van der Waals surface area (Å²) in [5.41, 5.74) is 0.0366. The number of sulfonamides is 1. The highest BCUT2D eigenvalue weighted by Crippen LogP contribution is 2.42. The van der Waals surface area contributed by atoms with Crippen LogP contribution in [-0.4, -0.2) is 49.7 Å². The van der Waals surface area contributed by atoms with Gasteiger partial charge < -0.3 is 19.4 Å². The number of hydrogen-bond acceptors (Lipinski definition) is 5. The molecule has 0 bridgehead atoms. The van der Waals surface area contributed by atoms with Crippen molar-refractivity contribution in [2.75, 3.05) is 24.4 Å². The number of likely N-dealkylation sites (tertiary alicyclic amines) is 1. The second-order valence-corrected chi connectivity index (χ2v) is 13.7. The number of fused-ring (bicyclic) bond motifs is 2. The molecule has 1 aliphatic carbocycles. The number of rotatable bonds is 6. The topological polar surface area (TPSA) is 101 Å². The number of aromatic nitrogens is 1. The number of H-pyrrole nitrogens is 1. The number of nitrogens with one attached hydrogen (secondary N) is 2. The summed E-state index contributed by atoms with van der Waals surface area (Å²) in [4.78, 5) is 16.5. The van der Waals surface area contributed by atoms with Gasteiger partial charge in [-0.3, -0.25) is 4.72 Å². The third kappa shape index (κ3) is 5.78. The van der Waals surface area contributed by atoms with Crippen molar-refractivity contribution in [3.8, 4) is 5.75 Å². The molecule has 39 heavy (non-hydrogen) atoms. The van der Waals surface area contributed by atoms with Crippen molar-refractivity contribution in [3.05, 3.63) is 52.4 Å². The van der Waals surface area contributed by atoms with E-state index >= 15 is 4.39 Å². The first kappa shape index (κ1) is 27.9. The number of amides is 1. The van der Waals surface area contributed by atoms with Crippen LogP contribution < -0.4 is 9.46 Å². The summed E-state index contributed by atoms with van der Waals surface area (Å²) in [6.07, 6.45) is 2.89. The Morgan fingerprint density at radius 1 is 1.13 bits per heavy atom. The van der Waals surface area contributed by atoms with E-state index in [2.05, 4.69) is 9.71 Å². The highest BCUT2D eigenvalue weighted by Gasteiger charge is 2.43. The Bertz CT molecular complexity index is 1510. The third-order valence-electron chi connectivity index (χ3n) is 7.17. The number of carbonyl (C=O) groups is 1. The quantitative estimate of drug-likeness (QED) is 0.330. The minimum absolute atomic E-state index is 0.130. The molecular formula is C27H30Cl2FN3O5S. The highest BCUT2D eigenvalue weighted by molar-refractivity contribution is 7.92. The number of halogens is 3. The fourth-order valence-corrected chi connectivity index (χ4v) is 7.23. The van der Waals surface area contributed by atoms with E-state index in [1.165, 1.54) is 36.5 Å². The van der Waals surface area contributed by atoms with Crippen LogP contribution in [0.15, 0.2) is 41.4 Å². The fraction of sp³-hybridized carbons (Fsp3) is 0.444. The maximum Gasteiger partial charge on any atom is 0.410 e. The van der Waals surface area contributed by atoms with Crippen LogP contribution in [0.2, 0.25) is 10.0 Å². The molecule has 1 amide bonds. The third-order valence-corrected chi connectivity index (χ3v) is 9.17. The van der Waals surface area contributed by atoms with E-state index in [0.29, 0.717) is 45.9 Å². The molecule has 2 heterocycles. The molecule has 2 fully saturated rings. The second kappa shape index (κ2) is 10.4. The van der Waals surface area contributed by atoms with Gasteiger partial charge in [0.25, 0.3) is 10.0 Å². The standard InChI is InChI=1S/C27H30Cl2FN3O5S/c1-27(2,3)38-26(34)33-12-16-9-15(10-17(16)13-33)14-37-21-5-4-6-22(24(21)30)39(35,36)32-20-8-7-18(28)23-19(29)11-31-25(20)23/h4-8,11,15-17,31-32H,9-10,12-14H2,1-3H3/t15?,16-,17+. The van der Waals surface area contributed by atoms with E-state index in [9.17, 15) is 13.2 Å². The SMILES string of the molecule is CC(C)(C)OC(=O)N1C[C@H]2CC(COc3cccc(S(=O)(=O)Nc4ccc(Cl)c5c(Cl)c[nH]c45)c3F)C[C@H]2C1. The zero-order chi connectivity index (χ0) is 28.1. The maximum atomic E-state index is 15.4. The normalized spacial score (nSPS) is 21.3. The van der Waals surface area contributed by atoms with Crippen LogP contribution in [-0.2, 0) is 14.8 Å². The lowest BCUT2D eigenvalue weighted by Gasteiger charge is -2.25. The number of nitrogens with zero attached hydrogens (tertiary/aromatic N) is 1. The second-order valence-electron chi connectivity index (χ2n) is 11.2. The van der Waals surface area contributed by atoms with Crippen molar-refractivity contribution in [1.29, 1.82) is 0 Å². The lowest BCUT2D eigenvalue weighted by atomic mass is 10.0. The van der Waals surface area contributed by atoms with Crippen molar-refractivity contribution >= 4 is 55.9 Å². The molecule has 1 aliphatic heterocycles. The molecule has 8 nitrogen and oxygen atoms in total. The largest absolute Gasteiger partial charge is 0.490 e. The molecule has 2 aliphatic rings. The van der Waals surface area contributed by atoms with Crippen molar-refractivity contribution in [1.82, 2.24) is 9.88 Å². The van der Waals surface area contributed by atoms with E-state index in [1.54, 1.807) is 4.90 Å². The molecule has 1 aromatic heterocycles. The molecule has 210 valence electrons. The molecule has 3 aromatic rings. The molecule has 12 heteroatoms. The van der Waals surface area contributed by atoms with Crippen LogP contribution in [0, 0.1) is 23.6 Å². The van der Waals surface area contributed by atoms with Gasteiger partial charge in [0.15, 0.2) is 11.6 Å². The van der Waals surface area contributed by atoms with Gasteiger partial charge in [-0.15, -0.1) is 0 Å². The first-order valence-electron chi connectivity index (χ1n) is 12.7. The fourth-order valence-electron chi connectivity index (χ4n) is 5.51. The Hall–Kier alpha value is -2.69. The lowest BCUT2D eigenvalue weighted by Crippen LogP contribution is -2.36. The van der Waals surface area contributed by atoms with Crippen molar-refractivity contribution in [2.24, 2.45) is 17.8 Å². The molecule has 0 radical (unpaired) electrons. The van der Waals surface area contributed by atoms with Gasteiger partial charge in [-0.25, -0.2) is 17.6 Å². The van der Waals surface area contributed by atoms with Crippen LogP contribution in [0.5, 0.6) is 5.75 Å². The van der Waals surface area contributed by atoms with Gasteiger partial charge in [-0.2, -0.15) is 0 Å². The van der Waals surface area contributed by atoms with Crippen molar-refractivity contribution in [2.45, 2.75) is 44.1 Å². The molecule has 3 atom stereocenters. The monoisotopic (exact) mass is 597 g/mol. The minimum atomic E-state index is -4.30. The van der Waals surface area contributed by atoms with E-state index in [1.807, 2.05) is 20.8 Å². The summed E-state index contributed by atoms with van der Waals surface area (Å²) in [7, 11) is -4.30. The summed E-state index contributed by atoms with van der Waals surface area (Å²) in [5.74, 6) is -0.240. The minimum Gasteiger partial charge on any atom is -0.490 e. The van der Waals surface area contributed by atoms with E-state index < -0.39 is 26.3 Å². The molecular weight excluding hydrogens is 568 g/mol. The van der Waals surface area contributed by atoms with Crippen LogP contribution >= 0.6 is 23.2 Å². The predicted octanol–water partition coefficient (Wildman–Crippen LogP) is 6.69. The van der Waals surface area contributed by atoms with Crippen molar-refractivity contribution in [3.63, 3.8) is 0 Å². The zero-order valence-electron chi connectivity index (χ0n) is 21.8. The van der Waals surface area contributed by atoms with Gasteiger partial charge in [0.1, 0.15) is 10.5 Å². The summed E-state index contributed by atoms with van der Waals surface area (Å²) >= 11 is 12.3. The number of hydrogen-bond donors (Lipinski definition) is 2. The summed E-state index contributed by atoms with van der Waals surface area (Å²) in [6.45, 7) is 7.06. The Kier molecular flexibility index (Phi) is 7.41. The van der Waals surface area contributed by atoms with Crippen LogP contribution in [0.3, 0.4) is 0 Å². The van der Waals surface area contributed by atoms with Gasteiger partial charge in [-0.1, -0.05) is 29.3 Å². The summed E-state index contributed by atoms with van der Waals surface area (Å²) < 4.78 is 55.4. The van der Waals surface area contributed by atoms with Crippen LogP contribution in [0.25, 0.3) is 10.9 Å². The number of benzene rings is 2. The number of anilines is 1. The average molecular weight is 599 g/mol. The van der Waals surface area contributed by atoms with Gasteiger partial charge in [0, 0.05) is 24.7 Å². The van der Waals surface area contributed by atoms with E-state index in [0.717, 1.165) is 12.8 Å². The molecule has 1 unspecified atom stereocenters. The molecule has 5 rings (SSSR count). The van der Waals surface area contributed by atoms with Crippen molar-refractivity contribution < 1.29 is 27.1 Å². The first-order chi connectivity index (χ1) is 18.3. The average Bonchev–Trinajstić information content (AvgIpc) is 3.53. The lowest BCUT2D eigenvalue weighted by molar-refractivity contribution is 0.0276.